The maximum Gasteiger partial charge on any atom is 0.140 e. The average molecular weight is 338 g/mol. The first-order valence-electron chi connectivity index (χ1n) is 9.02. The molecule has 3 N–H and O–H groups in total. The molecule has 3 heterocycles. The molecular weight excluding hydrogens is 312 g/mol. The third-order valence-electron chi connectivity index (χ3n) is 5.11. The van der Waals surface area contributed by atoms with Gasteiger partial charge >= 0.3 is 0 Å². The maximum absolute atomic E-state index is 5.42. The Morgan fingerprint density at radius 1 is 1.20 bits per heavy atom. The van der Waals surface area contributed by atoms with Gasteiger partial charge in [0.15, 0.2) is 0 Å². The highest BCUT2D eigenvalue weighted by Gasteiger charge is 2.22. The highest BCUT2D eigenvalue weighted by atomic mass is 16.5. The monoisotopic (exact) mass is 338 g/mol. The summed E-state index contributed by atoms with van der Waals surface area (Å²) in [6, 6.07) is 12.5. The lowest BCUT2D eigenvalue weighted by Gasteiger charge is -2.22. The van der Waals surface area contributed by atoms with E-state index in [1.165, 1.54) is 37.4 Å². The zero-order valence-corrected chi connectivity index (χ0v) is 15.0. The summed E-state index contributed by atoms with van der Waals surface area (Å²) in [5, 5.41) is 2.41. The summed E-state index contributed by atoms with van der Waals surface area (Å²) in [5.41, 5.74) is 5.76. The number of imidazole rings is 1. The third-order valence-corrected chi connectivity index (χ3v) is 5.11. The highest BCUT2D eigenvalue weighted by molar-refractivity contribution is 5.69. The summed E-state index contributed by atoms with van der Waals surface area (Å²) in [6.07, 6.45) is 2.14. The molecule has 0 unspecified atom stereocenters. The number of rotatable bonds is 4. The van der Waals surface area contributed by atoms with Gasteiger partial charge in [0.25, 0.3) is 0 Å². The molecule has 130 valence electrons. The van der Waals surface area contributed by atoms with Crippen molar-refractivity contribution in [1.82, 2.24) is 9.38 Å². The summed E-state index contributed by atoms with van der Waals surface area (Å²) in [5.74, 6) is 0.872. The smallest absolute Gasteiger partial charge is 0.140 e. The van der Waals surface area contributed by atoms with Gasteiger partial charge in [0.2, 0.25) is 0 Å². The summed E-state index contributed by atoms with van der Waals surface area (Å²) in [7, 11) is 1.71. The molecule has 0 atom stereocenters. The van der Waals surface area contributed by atoms with Crippen LogP contribution in [0.4, 0.5) is 0 Å². The summed E-state index contributed by atoms with van der Waals surface area (Å²) in [4.78, 5) is 6.64. The molecule has 1 aliphatic rings. The number of quaternary nitrogens is 2. The van der Waals surface area contributed by atoms with Gasteiger partial charge in [-0.3, -0.25) is 4.40 Å². The van der Waals surface area contributed by atoms with Gasteiger partial charge in [-0.1, -0.05) is 18.2 Å². The van der Waals surface area contributed by atoms with E-state index in [2.05, 4.69) is 47.1 Å². The Hall–Kier alpha value is -2.37. The lowest BCUT2D eigenvalue weighted by Crippen LogP contribution is -3.19. The number of aryl methyl sites for hydroxylation is 1. The zero-order chi connectivity index (χ0) is 17.2. The minimum Gasteiger partial charge on any atom is -0.497 e. The predicted octanol–water partition coefficient (Wildman–Crippen LogP) is 0.280. The zero-order valence-electron chi connectivity index (χ0n) is 15.0. The van der Waals surface area contributed by atoms with Crippen LogP contribution in [0, 0.1) is 6.92 Å². The Balaban J connectivity index is 1.83. The molecule has 25 heavy (non-hydrogen) atoms. The molecule has 1 saturated heterocycles. The second-order valence-electron chi connectivity index (χ2n) is 6.82. The van der Waals surface area contributed by atoms with E-state index >= 15 is 0 Å². The van der Waals surface area contributed by atoms with Gasteiger partial charge in [-0.15, -0.1) is 0 Å². The Morgan fingerprint density at radius 2 is 2.04 bits per heavy atom. The molecule has 1 aliphatic heterocycles. The van der Waals surface area contributed by atoms with E-state index in [1.807, 2.05) is 12.1 Å². The summed E-state index contributed by atoms with van der Waals surface area (Å²) >= 11 is 0. The van der Waals surface area contributed by atoms with E-state index in [0.29, 0.717) is 0 Å². The van der Waals surface area contributed by atoms with E-state index in [-0.39, 0.29) is 0 Å². The molecule has 0 saturated carbocycles. The highest BCUT2D eigenvalue weighted by Crippen LogP contribution is 2.28. The fraction of sp³-hybridized carbons (Fsp3) is 0.350. The van der Waals surface area contributed by atoms with Crippen LogP contribution in [0.2, 0.25) is 0 Å². The largest absolute Gasteiger partial charge is 0.497 e. The number of fused-ring (bicyclic) bond motifs is 1. The normalized spacial score (nSPS) is 15.6. The van der Waals surface area contributed by atoms with Crippen LogP contribution in [0.15, 0.2) is 42.6 Å². The number of nitrogens with one attached hydrogen (secondary N) is 1. The van der Waals surface area contributed by atoms with Gasteiger partial charge in [0, 0.05) is 11.8 Å². The van der Waals surface area contributed by atoms with Crippen molar-refractivity contribution in [1.29, 1.82) is 0 Å². The quantitative estimate of drug-likeness (QED) is 0.718. The number of hydrogen-bond donors (Lipinski definition) is 2. The van der Waals surface area contributed by atoms with Crippen molar-refractivity contribution < 1.29 is 15.0 Å². The van der Waals surface area contributed by atoms with Crippen LogP contribution in [0.1, 0.15) is 11.3 Å². The van der Waals surface area contributed by atoms with Crippen LogP contribution in [0.3, 0.4) is 0 Å². The molecule has 0 bridgehead atoms. The lowest BCUT2D eigenvalue weighted by molar-refractivity contribution is -0.958. The van der Waals surface area contributed by atoms with Crippen molar-refractivity contribution in [2.24, 2.45) is 0 Å². The Morgan fingerprint density at radius 3 is 2.84 bits per heavy atom. The molecule has 5 heteroatoms. The molecule has 0 amide bonds. The van der Waals surface area contributed by atoms with Gasteiger partial charge in [-0.25, -0.2) is 4.98 Å². The molecular formula is C20H26N4O+2. The van der Waals surface area contributed by atoms with Crippen LogP contribution in [0.5, 0.6) is 5.75 Å². The standard InChI is InChI=1S/C20H24N4O/c1-15-5-4-10-24-18(14-23-11-8-21-9-12-23)19(22-20(15)24)16-6-3-7-17(13-16)25-2/h3-7,10,13,21H,8-9,11-12,14H2,1-2H3/p+2. The lowest BCUT2D eigenvalue weighted by atomic mass is 10.1. The number of pyridine rings is 1. The molecule has 0 aliphatic carbocycles. The fourth-order valence-electron chi connectivity index (χ4n) is 3.72. The molecule has 0 spiro atoms. The Labute approximate surface area is 148 Å². The molecule has 0 radical (unpaired) electrons. The molecule has 4 rings (SSSR count). The van der Waals surface area contributed by atoms with Crippen molar-refractivity contribution in [3.05, 3.63) is 53.9 Å². The third kappa shape index (κ3) is 3.13. The summed E-state index contributed by atoms with van der Waals surface area (Å²) < 4.78 is 7.69. The number of benzene rings is 1. The second-order valence-corrected chi connectivity index (χ2v) is 6.82. The van der Waals surface area contributed by atoms with Gasteiger partial charge in [0.1, 0.15) is 49.8 Å². The van der Waals surface area contributed by atoms with Gasteiger partial charge in [0.05, 0.1) is 12.8 Å². The number of nitrogens with two attached hydrogens (primary N) is 1. The Bertz CT molecular complexity index is 881. The molecule has 1 fully saturated rings. The number of nitrogens with zero attached hydrogens (tertiary/aromatic N) is 2. The minimum absolute atomic E-state index is 0.872. The van der Waals surface area contributed by atoms with Crippen molar-refractivity contribution >= 4 is 5.65 Å². The summed E-state index contributed by atoms with van der Waals surface area (Å²) in [6.45, 7) is 7.96. The van der Waals surface area contributed by atoms with Crippen LogP contribution in [-0.2, 0) is 6.54 Å². The number of piperazine rings is 1. The van der Waals surface area contributed by atoms with E-state index in [1.54, 1.807) is 12.0 Å². The van der Waals surface area contributed by atoms with Crippen molar-refractivity contribution in [3.63, 3.8) is 0 Å². The van der Waals surface area contributed by atoms with Crippen LogP contribution in [0.25, 0.3) is 16.9 Å². The number of aromatic nitrogens is 2. The number of methoxy groups -OCH3 is 1. The number of ether oxygens (including phenoxy) is 1. The van der Waals surface area contributed by atoms with E-state index in [9.17, 15) is 0 Å². The first kappa shape index (κ1) is 16.1. The van der Waals surface area contributed by atoms with Crippen molar-refractivity contribution in [3.8, 4) is 17.0 Å². The van der Waals surface area contributed by atoms with Crippen molar-refractivity contribution in [2.45, 2.75) is 13.5 Å². The van der Waals surface area contributed by atoms with Gasteiger partial charge in [-0.2, -0.15) is 0 Å². The molecule has 2 aromatic heterocycles. The van der Waals surface area contributed by atoms with Gasteiger partial charge < -0.3 is 15.0 Å². The van der Waals surface area contributed by atoms with Crippen LogP contribution >= 0.6 is 0 Å². The fourth-order valence-corrected chi connectivity index (χ4v) is 3.72. The first-order valence-corrected chi connectivity index (χ1v) is 9.02. The van der Waals surface area contributed by atoms with E-state index < -0.39 is 0 Å². The van der Waals surface area contributed by atoms with Crippen LogP contribution in [-0.4, -0.2) is 42.7 Å². The maximum atomic E-state index is 5.42. The predicted molar refractivity (Wildman–Crippen MR) is 98.0 cm³/mol. The SMILES string of the molecule is COc1cccc(-c2nc3c(C)cccn3c2C[NH+]2CC[NH2+]CC2)c1. The van der Waals surface area contributed by atoms with Gasteiger partial charge in [-0.05, 0) is 30.7 Å². The number of hydrogen-bond acceptors (Lipinski definition) is 2. The molecule has 5 nitrogen and oxygen atoms in total. The topological polar surface area (TPSA) is 47.6 Å². The van der Waals surface area contributed by atoms with Crippen molar-refractivity contribution in [2.75, 3.05) is 33.3 Å². The molecule has 1 aromatic carbocycles. The second kappa shape index (κ2) is 6.86. The van der Waals surface area contributed by atoms with Crippen LogP contribution < -0.4 is 15.0 Å². The molecule has 3 aromatic rings. The Kier molecular flexibility index (Phi) is 4.42. The van der Waals surface area contributed by atoms with E-state index in [0.717, 1.165) is 29.2 Å². The minimum atomic E-state index is 0.872. The van der Waals surface area contributed by atoms with E-state index in [4.69, 9.17) is 9.72 Å². The average Bonchev–Trinajstić information content (AvgIpc) is 3.03. The first-order chi connectivity index (χ1) is 12.3.